The molecule has 2 aromatic carbocycles. The number of aryl methyl sites for hydroxylation is 1. The van der Waals surface area contributed by atoms with Gasteiger partial charge in [0.05, 0.1) is 17.5 Å². The Morgan fingerprint density at radius 3 is 2.68 bits per heavy atom. The van der Waals surface area contributed by atoms with E-state index in [0.29, 0.717) is 43.9 Å². The lowest BCUT2D eigenvalue weighted by atomic mass is 9.67. The molecule has 1 fully saturated rings. The minimum absolute atomic E-state index is 0.0862. The van der Waals surface area contributed by atoms with Gasteiger partial charge in [-0.2, -0.15) is 0 Å². The number of aliphatic carboxylic acids is 1. The SMILES string of the molecule is C[C@@H]1[C@@H](C)CCC/C(=C\C(=O)O)[C@@H]2CC[C@H]2CN2C[C@@]3(CCCc4cc(Cl)ccc43)COc3ccc(cc32)C(=O)NS1(O)O. The van der Waals surface area contributed by atoms with Crippen LogP contribution in [-0.2, 0) is 16.6 Å². The number of ether oxygens (including phenoxy) is 1. The van der Waals surface area contributed by atoms with Crippen LogP contribution in [0.2, 0.25) is 5.02 Å². The van der Waals surface area contributed by atoms with Crippen molar-refractivity contribution in [1.82, 2.24) is 4.72 Å². The van der Waals surface area contributed by atoms with Crippen molar-refractivity contribution in [3.8, 4) is 5.75 Å². The Hall–Kier alpha value is -2.72. The van der Waals surface area contributed by atoms with E-state index < -0.39 is 27.9 Å². The standard InChI is InChI=1S/C34H43ClN2O6S/c1-21-5-3-6-23(17-32(38)39)28-11-8-26(28)18-37-19-34(14-4-7-24-15-27(35)10-12-29(24)34)20-43-31-13-9-25(16-30(31)37)33(40)36-44(41,42)22(21)2/h9-10,12-13,15-17,21-22,26,28,41-42H,3-8,11,14,18-20H2,1-2H3,(H,36,40)(H,38,39)/b23-17+/t21-,22+,26-,28-,34-/m0/s1. The van der Waals surface area contributed by atoms with Crippen LogP contribution in [0.4, 0.5) is 5.69 Å². The highest BCUT2D eigenvalue weighted by Crippen LogP contribution is 2.49. The molecule has 0 unspecified atom stereocenters. The summed E-state index contributed by atoms with van der Waals surface area (Å²) in [4.78, 5) is 27.7. The molecule has 2 aliphatic heterocycles. The molecule has 6 rings (SSSR count). The summed E-state index contributed by atoms with van der Waals surface area (Å²) in [5.41, 5.74) is 4.32. The average Bonchev–Trinajstić information content (AvgIpc) is 3.10. The van der Waals surface area contributed by atoms with Gasteiger partial charge in [0.15, 0.2) is 0 Å². The number of allylic oxidation sites excluding steroid dienone is 1. The van der Waals surface area contributed by atoms with E-state index in [1.54, 1.807) is 13.0 Å². The molecule has 2 heterocycles. The number of benzene rings is 2. The fraction of sp³-hybridized carbons (Fsp3) is 0.529. The Labute approximate surface area is 266 Å². The van der Waals surface area contributed by atoms with Crippen LogP contribution < -0.4 is 14.4 Å². The summed E-state index contributed by atoms with van der Waals surface area (Å²) >= 11 is 6.40. The summed E-state index contributed by atoms with van der Waals surface area (Å²) in [6.45, 7) is 5.58. The van der Waals surface area contributed by atoms with Gasteiger partial charge in [0.1, 0.15) is 5.75 Å². The fourth-order valence-corrected chi connectivity index (χ4v) is 9.37. The minimum Gasteiger partial charge on any atom is -0.490 e. The Kier molecular flexibility index (Phi) is 8.69. The third-order valence-corrected chi connectivity index (χ3v) is 12.9. The first-order valence-electron chi connectivity index (χ1n) is 15.8. The van der Waals surface area contributed by atoms with Crippen LogP contribution in [0.1, 0.15) is 80.3 Å². The van der Waals surface area contributed by atoms with Crippen molar-refractivity contribution in [2.75, 3.05) is 24.6 Å². The molecule has 5 atom stereocenters. The van der Waals surface area contributed by atoms with Crippen LogP contribution in [0.25, 0.3) is 0 Å². The lowest BCUT2D eigenvalue weighted by Gasteiger charge is -2.45. The number of anilines is 1. The first-order valence-corrected chi connectivity index (χ1v) is 17.8. The van der Waals surface area contributed by atoms with Gasteiger partial charge in [-0.25, -0.2) is 9.52 Å². The zero-order valence-corrected chi connectivity index (χ0v) is 27.0. The molecule has 0 aromatic heterocycles. The quantitative estimate of drug-likeness (QED) is 0.239. The molecule has 2 aliphatic carbocycles. The van der Waals surface area contributed by atoms with Crippen LogP contribution in [0.15, 0.2) is 48.0 Å². The average molecular weight is 643 g/mol. The molecule has 0 radical (unpaired) electrons. The lowest BCUT2D eigenvalue weighted by molar-refractivity contribution is -0.131. The second kappa shape index (κ2) is 12.2. The van der Waals surface area contributed by atoms with E-state index in [4.69, 9.17) is 16.3 Å². The number of halogens is 1. The monoisotopic (exact) mass is 642 g/mol. The molecular formula is C34H43ClN2O6S. The predicted molar refractivity (Wildman–Crippen MR) is 175 cm³/mol. The number of rotatable bonds is 1. The number of carboxylic acids is 1. The summed E-state index contributed by atoms with van der Waals surface area (Å²) in [7, 11) is -3.44. The lowest BCUT2D eigenvalue weighted by Crippen LogP contribution is -2.48. The number of fused-ring (bicyclic) bond motifs is 4. The van der Waals surface area contributed by atoms with Crippen LogP contribution in [0.3, 0.4) is 0 Å². The van der Waals surface area contributed by atoms with E-state index in [1.165, 1.54) is 17.2 Å². The van der Waals surface area contributed by atoms with Crippen LogP contribution >= 0.6 is 22.4 Å². The molecule has 2 aromatic rings. The molecule has 1 saturated carbocycles. The van der Waals surface area contributed by atoms with E-state index in [-0.39, 0.29) is 23.2 Å². The van der Waals surface area contributed by atoms with Gasteiger partial charge in [-0.3, -0.25) is 13.9 Å². The van der Waals surface area contributed by atoms with Crippen molar-refractivity contribution in [3.63, 3.8) is 0 Å². The molecule has 10 heteroatoms. The third-order valence-electron chi connectivity index (χ3n) is 10.6. The summed E-state index contributed by atoms with van der Waals surface area (Å²) in [5.74, 6) is -0.412. The van der Waals surface area contributed by atoms with Crippen LogP contribution in [0.5, 0.6) is 5.75 Å². The van der Waals surface area contributed by atoms with Gasteiger partial charge in [-0.1, -0.05) is 30.2 Å². The molecule has 44 heavy (non-hydrogen) atoms. The molecule has 2 bridgehead atoms. The Morgan fingerprint density at radius 2 is 1.93 bits per heavy atom. The summed E-state index contributed by atoms with van der Waals surface area (Å²) < 4.78 is 31.2. The molecule has 8 nitrogen and oxygen atoms in total. The van der Waals surface area contributed by atoms with Gasteiger partial charge >= 0.3 is 5.97 Å². The minimum atomic E-state index is -3.44. The smallest absolute Gasteiger partial charge is 0.328 e. The van der Waals surface area contributed by atoms with Crippen molar-refractivity contribution in [3.05, 3.63) is 69.8 Å². The number of carbonyl (C=O) groups is 2. The van der Waals surface area contributed by atoms with Gasteiger partial charge in [0.2, 0.25) is 0 Å². The van der Waals surface area contributed by atoms with Crippen molar-refractivity contribution in [1.29, 1.82) is 0 Å². The zero-order chi connectivity index (χ0) is 31.2. The number of carbonyl (C=O) groups excluding carboxylic acids is 1. The van der Waals surface area contributed by atoms with Crippen molar-refractivity contribution in [2.45, 2.75) is 75.9 Å². The summed E-state index contributed by atoms with van der Waals surface area (Å²) in [6.07, 6.45) is 8.36. The van der Waals surface area contributed by atoms with Crippen molar-refractivity contribution >= 4 is 39.9 Å². The van der Waals surface area contributed by atoms with E-state index in [2.05, 4.69) is 21.8 Å². The Morgan fingerprint density at radius 1 is 1.11 bits per heavy atom. The number of nitrogens with zero attached hydrogens (tertiary/aromatic N) is 1. The maximum Gasteiger partial charge on any atom is 0.328 e. The highest BCUT2D eigenvalue weighted by molar-refractivity contribution is 8.23. The second-order valence-corrected chi connectivity index (χ2v) is 16.0. The largest absolute Gasteiger partial charge is 0.490 e. The van der Waals surface area contributed by atoms with Gasteiger partial charge < -0.3 is 14.7 Å². The first kappa shape index (κ1) is 31.3. The number of amides is 1. The molecule has 1 amide bonds. The summed E-state index contributed by atoms with van der Waals surface area (Å²) in [6, 6.07) is 11.5. The maximum atomic E-state index is 13.5. The number of hydrogen-bond donors (Lipinski definition) is 4. The molecular weight excluding hydrogens is 600 g/mol. The van der Waals surface area contributed by atoms with E-state index >= 15 is 0 Å². The number of hydrogen-bond acceptors (Lipinski definition) is 6. The summed E-state index contributed by atoms with van der Waals surface area (Å²) in [5, 5.41) is 9.92. The van der Waals surface area contributed by atoms with Gasteiger partial charge in [0, 0.05) is 35.2 Å². The van der Waals surface area contributed by atoms with Gasteiger partial charge in [-0.05, 0) is 118 Å². The molecule has 238 valence electrons. The Balaban J connectivity index is 1.43. The Bertz CT molecular complexity index is 1480. The predicted octanol–water partition coefficient (Wildman–Crippen LogP) is 7.45. The highest BCUT2D eigenvalue weighted by atomic mass is 35.5. The third kappa shape index (κ3) is 6.08. The van der Waals surface area contributed by atoms with Crippen LogP contribution in [0, 0.1) is 17.8 Å². The molecule has 4 N–H and O–H groups in total. The fourth-order valence-electron chi connectivity index (χ4n) is 7.81. The zero-order valence-electron chi connectivity index (χ0n) is 25.4. The normalized spacial score (nSPS) is 31.9. The molecule has 1 spiro atoms. The van der Waals surface area contributed by atoms with E-state index in [1.807, 2.05) is 25.1 Å². The number of carboxylic acid groups (broad SMARTS) is 1. The van der Waals surface area contributed by atoms with Crippen molar-refractivity contribution < 1.29 is 28.5 Å². The first-order chi connectivity index (χ1) is 21.0. The van der Waals surface area contributed by atoms with Gasteiger partial charge in [-0.15, -0.1) is 10.8 Å². The molecule has 0 saturated heterocycles. The maximum absolute atomic E-state index is 13.5. The van der Waals surface area contributed by atoms with E-state index in [0.717, 1.165) is 54.8 Å². The van der Waals surface area contributed by atoms with Gasteiger partial charge in [0.25, 0.3) is 5.91 Å². The van der Waals surface area contributed by atoms with Crippen molar-refractivity contribution in [2.24, 2.45) is 17.8 Å². The second-order valence-electron chi connectivity index (χ2n) is 13.4. The highest BCUT2D eigenvalue weighted by Gasteiger charge is 2.44. The van der Waals surface area contributed by atoms with E-state index in [9.17, 15) is 23.8 Å². The number of nitrogens with one attached hydrogen (secondary N) is 1. The van der Waals surface area contributed by atoms with Crippen LogP contribution in [-0.4, -0.2) is 51.0 Å². The molecule has 4 aliphatic rings. The topological polar surface area (TPSA) is 119 Å².